The Morgan fingerprint density at radius 3 is 2.53 bits per heavy atom. The summed E-state index contributed by atoms with van der Waals surface area (Å²) in [4.78, 5) is 0. The van der Waals surface area contributed by atoms with E-state index in [1.165, 1.54) is 43.3 Å². The van der Waals surface area contributed by atoms with Crippen LogP contribution in [0.15, 0.2) is 35.5 Å². The normalized spacial score (nSPS) is 38.1. The van der Waals surface area contributed by atoms with Crippen molar-refractivity contribution in [1.82, 2.24) is 0 Å². The van der Waals surface area contributed by atoms with Gasteiger partial charge in [0.15, 0.2) is 0 Å². The van der Waals surface area contributed by atoms with Crippen molar-refractivity contribution in [2.24, 2.45) is 35.0 Å². The molecule has 30 heavy (non-hydrogen) atoms. The fraction of sp³-hybridized carbons (Fsp3) is 0.786. The van der Waals surface area contributed by atoms with E-state index in [1.807, 2.05) is 0 Å². The molecule has 0 amide bonds. The summed E-state index contributed by atoms with van der Waals surface area (Å²) in [6, 6.07) is 0. The lowest BCUT2D eigenvalue weighted by Crippen LogP contribution is -2.39. The Morgan fingerprint density at radius 1 is 1.10 bits per heavy atom. The first-order chi connectivity index (χ1) is 14.1. The summed E-state index contributed by atoms with van der Waals surface area (Å²) in [5.74, 6) is 2.82. The Labute approximate surface area is 185 Å². The first kappa shape index (κ1) is 23.8. The van der Waals surface area contributed by atoms with E-state index in [0.29, 0.717) is 35.0 Å². The summed E-state index contributed by atoms with van der Waals surface area (Å²) in [6.07, 6.45) is 14.0. The molecule has 3 aliphatic carbocycles. The highest BCUT2D eigenvalue weighted by Gasteiger charge is 2.51. The van der Waals surface area contributed by atoms with Crippen LogP contribution in [0.5, 0.6) is 0 Å². The summed E-state index contributed by atoms with van der Waals surface area (Å²) in [5.41, 5.74) is 4.36. The van der Waals surface area contributed by atoms with E-state index in [1.54, 1.807) is 5.57 Å². The Morgan fingerprint density at radius 2 is 1.83 bits per heavy atom. The zero-order valence-electron chi connectivity index (χ0n) is 20.2. The Bertz CT molecular complexity index is 672. The Kier molecular flexibility index (Phi) is 7.72. The number of aliphatic hydroxyl groups is 2. The number of hydrogen-bond donors (Lipinski definition) is 2. The summed E-state index contributed by atoms with van der Waals surface area (Å²) in [7, 11) is 0. The van der Waals surface area contributed by atoms with Gasteiger partial charge in [-0.05, 0) is 98.4 Å². The second-order valence-electron chi connectivity index (χ2n) is 11.4. The molecule has 0 aliphatic heterocycles. The van der Waals surface area contributed by atoms with E-state index >= 15 is 0 Å². The maximum Gasteiger partial charge on any atom is 0.0583 e. The van der Waals surface area contributed by atoms with Crippen molar-refractivity contribution in [2.75, 3.05) is 0 Å². The Hall–Kier alpha value is -0.860. The van der Waals surface area contributed by atoms with E-state index in [9.17, 15) is 10.2 Å². The van der Waals surface area contributed by atoms with E-state index in [0.717, 1.165) is 25.7 Å². The van der Waals surface area contributed by atoms with Gasteiger partial charge < -0.3 is 10.2 Å². The molecule has 3 aliphatic rings. The first-order valence-electron chi connectivity index (χ1n) is 12.6. The van der Waals surface area contributed by atoms with Gasteiger partial charge in [0, 0.05) is 0 Å². The van der Waals surface area contributed by atoms with Gasteiger partial charge in [-0.2, -0.15) is 0 Å². The van der Waals surface area contributed by atoms with Crippen LogP contribution in [0.3, 0.4) is 0 Å². The number of fused-ring (bicyclic) bond motifs is 1. The molecule has 0 heterocycles. The monoisotopic (exact) mass is 414 g/mol. The van der Waals surface area contributed by atoms with Crippen molar-refractivity contribution in [3.8, 4) is 0 Å². The van der Waals surface area contributed by atoms with E-state index in [-0.39, 0.29) is 12.2 Å². The molecule has 3 saturated carbocycles. The smallest absolute Gasteiger partial charge is 0.0583 e. The van der Waals surface area contributed by atoms with Crippen molar-refractivity contribution < 1.29 is 10.2 Å². The molecule has 7 atom stereocenters. The van der Waals surface area contributed by atoms with E-state index in [4.69, 9.17) is 0 Å². The molecule has 3 fully saturated rings. The molecular formula is C28H46O2. The van der Waals surface area contributed by atoms with Crippen molar-refractivity contribution in [3.05, 3.63) is 35.5 Å². The van der Waals surface area contributed by atoms with Gasteiger partial charge in [-0.1, -0.05) is 64.5 Å². The quantitative estimate of drug-likeness (QED) is 0.500. The topological polar surface area (TPSA) is 40.5 Å². The molecule has 2 nitrogen and oxygen atoms in total. The summed E-state index contributed by atoms with van der Waals surface area (Å²) < 4.78 is 0. The summed E-state index contributed by atoms with van der Waals surface area (Å²) in [5, 5.41) is 21.1. The second kappa shape index (κ2) is 9.74. The van der Waals surface area contributed by atoms with Gasteiger partial charge in [-0.3, -0.25) is 0 Å². The van der Waals surface area contributed by atoms with Gasteiger partial charge in [0.25, 0.3) is 0 Å². The van der Waals surface area contributed by atoms with Gasteiger partial charge in [-0.25, -0.2) is 0 Å². The highest BCUT2D eigenvalue weighted by Crippen LogP contribution is 2.60. The fourth-order valence-corrected chi connectivity index (χ4v) is 6.67. The van der Waals surface area contributed by atoms with E-state index < -0.39 is 0 Å². The van der Waals surface area contributed by atoms with Crippen molar-refractivity contribution in [2.45, 2.75) is 105 Å². The third-order valence-electron chi connectivity index (χ3n) is 9.22. The highest BCUT2D eigenvalue weighted by atomic mass is 16.3. The minimum absolute atomic E-state index is 0.188. The number of aliphatic hydroxyl groups excluding tert-OH is 2. The van der Waals surface area contributed by atoms with Crippen LogP contribution < -0.4 is 0 Å². The minimum atomic E-state index is -0.205. The molecule has 0 radical (unpaired) electrons. The van der Waals surface area contributed by atoms with Crippen molar-refractivity contribution >= 4 is 0 Å². The molecule has 0 aromatic rings. The molecule has 0 saturated heterocycles. The van der Waals surface area contributed by atoms with Crippen LogP contribution in [0.4, 0.5) is 0 Å². The lowest BCUT2D eigenvalue weighted by atomic mass is 9.60. The minimum Gasteiger partial charge on any atom is -0.393 e. The zero-order valence-corrected chi connectivity index (χ0v) is 20.2. The zero-order chi connectivity index (χ0) is 22.1. The van der Waals surface area contributed by atoms with Crippen LogP contribution in [-0.2, 0) is 0 Å². The van der Waals surface area contributed by atoms with Gasteiger partial charge in [-0.15, -0.1) is 0 Å². The molecule has 0 bridgehead atoms. The van der Waals surface area contributed by atoms with Crippen LogP contribution in [0, 0.1) is 35.0 Å². The molecular weight excluding hydrogens is 368 g/mol. The molecule has 0 aromatic heterocycles. The SMILES string of the molecule is C=C1CC[C@H](O)C/C1=C/C=C1\CCC[C@]2(C)[C@@H]([C@H](C)[C@@H](O)C[C@H](C)C(C)C)CC[C@@H]12. The lowest BCUT2D eigenvalue weighted by molar-refractivity contribution is 0.00715. The molecule has 170 valence electrons. The van der Waals surface area contributed by atoms with Crippen LogP contribution in [0.25, 0.3) is 0 Å². The first-order valence-corrected chi connectivity index (χ1v) is 12.6. The molecule has 3 rings (SSSR count). The third kappa shape index (κ3) is 4.96. The van der Waals surface area contributed by atoms with Crippen molar-refractivity contribution in [1.29, 1.82) is 0 Å². The standard InChI is InChI=1S/C28H46O2/c1-18(2)20(4)16-27(30)21(5)25-13-14-26-22(8-7-15-28(25,26)6)10-11-23-17-24(29)12-9-19(23)3/h10-11,18,20-21,24-27,29-30H,3,7-9,12-17H2,1-2,4-6H3/b22-10+,23-11-/t20-,21-,24-,25+,26-,27-,28+/m0/s1. The van der Waals surface area contributed by atoms with Crippen molar-refractivity contribution in [3.63, 3.8) is 0 Å². The van der Waals surface area contributed by atoms with Gasteiger partial charge >= 0.3 is 0 Å². The summed E-state index contributed by atoms with van der Waals surface area (Å²) >= 11 is 0. The molecule has 0 unspecified atom stereocenters. The maximum atomic E-state index is 11.0. The highest BCUT2D eigenvalue weighted by molar-refractivity contribution is 5.36. The van der Waals surface area contributed by atoms with Crippen LogP contribution in [-0.4, -0.2) is 22.4 Å². The average molecular weight is 415 g/mol. The van der Waals surface area contributed by atoms with E-state index in [2.05, 4.69) is 53.3 Å². The van der Waals surface area contributed by atoms with Crippen LogP contribution in [0.1, 0.15) is 92.4 Å². The summed E-state index contributed by atoms with van der Waals surface area (Å²) in [6.45, 7) is 15.9. The third-order valence-corrected chi connectivity index (χ3v) is 9.22. The maximum absolute atomic E-state index is 11.0. The molecule has 0 spiro atoms. The lowest BCUT2D eigenvalue weighted by Gasteiger charge is -2.45. The fourth-order valence-electron chi connectivity index (χ4n) is 6.67. The Balaban J connectivity index is 1.74. The molecule has 0 aromatic carbocycles. The number of hydrogen-bond acceptors (Lipinski definition) is 2. The van der Waals surface area contributed by atoms with Gasteiger partial charge in [0.05, 0.1) is 12.2 Å². The molecule has 2 N–H and O–H groups in total. The van der Waals surface area contributed by atoms with Crippen LogP contribution >= 0.6 is 0 Å². The predicted octanol–water partition coefficient (Wildman–Crippen LogP) is 6.84. The molecule has 2 heteroatoms. The number of rotatable bonds is 6. The van der Waals surface area contributed by atoms with Crippen LogP contribution in [0.2, 0.25) is 0 Å². The second-order valence-corrected chi connectivity index (χ2v) is 11.4. The largest absolute Gasteiger partial charge is 0.393 e. The number of allylic oxidation sites excluding steroid dienone is 4. The predicted molar refractivity (Wildman–Crippen MR) is 127 cm³/mol. The van der Waals surface area contributed by atoms with Gasteiger partial charge in [0.2, 0.25) is 0 Å². The van der Waals surface area contributed by atoms with Gasteiger partial charge in [0.1, 0.15) is 0 Å². The average Bonchev–Trinajstić information content (AvgIpc) is 3.05.